The molecule has 1 unspecified atom stereocenters. The number of hydrogen-bond acceptors (Lipinski definition) is 0. The van der Waals surface area contributed by atoms with Gasteiger partial charge >= 0.3 is 0 Å². The zero-order chi connectivity index (χ0) is 11.9. The van der Waals surface area contributed by atoms with Crippen LogP contribution in [-0.2, 0) is 0 Å². The van der Waals surface area contributed by atoms with Crippen molar-refractivity contribution in [1.29, 1.82) is 0 Å². The van der Waals surface area contributed by atoms with Crippen LogP contribution in [0.4, 0.5) is 0 Å². The van der Waals surface area contributed by atoms with Crippen LogP contribution in [0.15, 0.2) is 29.5 Å². The van der Waals surface area contributed by atoms with E-state index in [1.807, 2.05) is 0 Å². The lowest BCUT2D eigenvalue weighted by molar-refractivity contribution is 0.574. The topological polar surface area (TPSA) is 0 Å². The van der Waals surface area contributed by atoms with E-state index in [2.05, 4.69) is 63.8 Å². The Balaban J connectivity index is 2.51. The van der Waals surface area contributed by atoms with Crippen LogP contribution in [0, 0.1) is 5.92 Å². The molecule has 0 aromatic heterocycles. The first-order chi connectivity index (χ1) is 7.41. The standard InChI is InChI=1S/C15H22Si/c1-11(2)15-13-9-7-6-8-12(13)10-14(15)16(3,4)5/h6-11,15H,1-5H3. The van der Waals surface area contributed by atoms with Crippen LogP contribution in [0.2, 0.25) is 19.6 Å². The summed E-state index contributed by atoms with van der Waals surface area (Å²) in [5.41, 5.74) is 3.01. The number of allylic oxidation sites excluding steroid dienone is 1. The molecule has 1 aromatic rings. The van der Waals surface area contributed by atoms with Crippen molar-refractivity contribution in [3.8, 4) is 0 Å². The van der Waals surface area contributed by atoms with Gasteiger partial charge in [0.05, 0.1) is 8.07 Å². The summed E-state index contributed by atoms with van der Waals surface area (Å²) >= 11 is 0. The average Bonchev–Trinajstić information content (AvgIpc) is 2.55. The van der Waals surface area contributed by atoms with Gasteiger partial charge in [-0.15, -0.1) is 0 Å². The predicted octanol–water partition coefficient (Wildman–Crippen LogP) is 4.70. The molecule has 1 aliphatic rings. The molecule has 0 aliphatic heterocycles. The van der Waals surface area contributed by atoms with Gasteiger partial charge in [-0.2, -0.15) is 0 Å². The summed E-state index contributed by atoms with van der Waals surface area (Å²) in [6.07, 6.45) is 2.46. The van der Waals surface area contributed by atoms with Crippen LogP contribution in [0.1, 0.15) is 30.9 Å². The van der Waals surface area contributed by atoms with E-state index in [0.717, 1.165) is 0 Å². The molecule has 0 saturated heterocycles. The quantitative estimate of drug-likeness (QED) is 0.646. The van der Waals surface area contributed by atoms with E-state index < -0.39 is 8.07 Å². The largest absolute Gasteiger partial charge is 0.0732 e. The Morgan fingerprint density at radius 1 is 1.06 bits per heavy atom. The van der Waals surface area contributed by atoms with Crippen molar-refractivity contribution >= 4 is 14.1 Å². The van der Waals surface area contributed by atoms with E-state index in [1.165, 1.54) is 5.56 Å². The minimum Gasteiger partial charge on any atom is -0.0729 e. The molecule has 1 heteroatoms. The van der Waals surface area contributed by atoms with Crippen molar-refractivity contribution < 1.29 is 0 Å². The summed E-state index contributed by atoms with van der Waals surface area (Å²) in [6, 6.07) is 8.90. The van der Waals surface area contributed by atoms with Crippen molar-refractivity contribution in [2.75, 3.05) is 0 Å². The van der Waals surface area contributed by atoms with Gasteiger partial charge in [-0.1, -0.05) is 69.0 Å². The SMILES string of the molecule is CC(C)C1C([Si](C)(C)C)=Cc2ccccc21. The monoisotopic (exact) mass is 230 g/mol. The van der Waals surface area contributed by atoms with Gasteiger partial charge in [0.15, 0.2) is 0 Å². The molecule has 0 N–H and O–H groups in total. The van der Waals surface area contributed by atoms with Crippen LogP contribution in [0.3, 0.4) is 0 Å². The minimum absolute atomic E-state index is 0.669. The highest BCUT2D eigenvalue weighted by Crippen LogP contribution is 2.44. The molecule has 0 fully saturated rings. The summed E-state index contributed by atoms with van der Waals surface area (Å²) in [6.45, 7) is 12.1. The van der Waals surface area contributed by atoms with E-state index in [4.69, 9.17) is 0 Å². The third-order valence-electron chi connectivity index (χ3n) is 3.51. The Bertz CT molecular complexity index is 421. The summed E-state index contributed by atoms with van der Waals surface area (Å²) in [5, 5.41) is 1.73. The minimum atomic E-state index is -1.19. The van der Waals surface area contributed by atoms with Gasteiger partial charge < -0.3 is 0 Å². The summed E-state index contributed by atoms with van der Waals surface area (Å²) in [7, 11) is -1.19. The second-order valence-corrected chi connectivity index (χ2v) is 11.3. The van der Waals surface area contributed by atoms with Crippen LogP contribution in [0.25, 0.3) is 6.08 Å². The molecular formula is C15H22Si. The first-order valence-electron chi connectivity index (χ1n) is 6.22. The smallest absolute Gasteiger partial charge is 0.0729 e. The second kappa shape index (κ2) is 3.88. The second-order valence-electron chi connectivity index (χ2n) is 6.20. The van der Waals surface area contributed by atoms with E-state index in [0.29, 0.717) is 11.8 Å². The summed E-state index contributed by atoms with van der Waals surface area (Å²) in [5.74, 6) is 1.38. The molecule has 0 radical (unpaired) electrons. The normalized spacial score (nSPS) is 19.9. The fourth-order valence-electron chi connectivity index (χ4n) is 2.75. The van der Waals surface area contributed by atoms with Crippen molar-refractivity contribution in [3.63, 3.8) is 0 Å². The maximum absolute atomic E-state index is 2.46. The maximum Gasteiger partial charge on any atom is 0.0732 e. The Morgan fingerprint density at radius 2 is 1.69 bits per heavy atom. The van der Waals surface area contributed by atoms with E-state index >= 15 is 0 Å². The molecule has 1 aromatic carbocycles. The van der Waals surface area contributed by atoms with Crippen LogP contribution < -0.4 is 0 Å². The predicted molar refractivity (Wildman–Crippen MR) is 75.3 cm³/mol. The first-order valence-corrected chi connectivity index (χ1v) is 9.72. The fourth-order valence-corrected chi connectivity index (χ4v) is 4.76. The number of rotatable bonds is 2. The van der Waals surface area contributed by atoms with Gasteiger partial charge in [0.1, 0.15) is 0 Å². The van der Waals surface area contributed by atoms with Crippen molar-refractivity contribution in [3.05, 3.63) is 40.6 Å². The number of hydrogen-bond donors (Lipinski definition) is 0. The molecule has 0 amide bonds. The molecule has 0 saturated carbocycles. The summed E-state index contributed by atoms with van der Waals surface area (Å²) in [4.78, 5) is 0. The third-order valence-corrected chi connectivity index (χ3v) is 5.70. The zero-order valence-corrected chi connectivity index (χ0v) is 12.0. The van der Waals surface area contributed by atoms with Gasteiger partial charge in [0, 0.05) is 5.92 Å². The van der Waals surface area contributed by atoms with E-state index in [-0.39, 0.29) is 0 Å². The fraction of sp³-hybridized carbons (Fsp3) is 0.467. The highest BCUT2D eigenvalue weighted by molar-refractivity contribution is 6.84. The number of fused-ring (bicyclic) bond motifs is 1. The lowest BCUT2D eigenvalue weighted by Crippen LogP contribution is -2.28. The maximum atomic E-state index is 2.46. The number of benzene rings is 1. The Morgan fingerprint density at radius 3 is 2.25 bits per heavy atom. The molecule has 16 heavy (non-hydrogen) atoms. The van der Waals surface area contributed by atoms with E-state index in [1.54, 1.807) is 10.8 Å². The van der Waals surface area contributed by atoms with Gasteiger partial charge in [-0.05, 0) is 17.0 Å². The molecule has 1 atom stereocenters. The lowest BCUT2D eigenvalue weighted by atomic mass is 9.90. The lowest BCUT2D eigenvalue weighted by Gasteiger charge is -2.28. The molecule has 86 valence electrons. The highest BCUT2D eigenvalue weighted by atomic mass is 28.3. The Hall–Kier alpha value is -0.823. The zero-order valence-electron chi connectivity index (χ0n) is 11.0. The molecule has 0 bridgehead atoms. The van der Waals surface area contributed by atoms with Gasteiger partial charge in [0.25, 0.3) is 0 Å². The van der Waals surface area contributed by atoms with Crippen molar-refractivity contribution in [2.24, 2.45) is 5.92 Å². The molecule has 1 aliphatic carbocycles. The summed E-state index contributed by atoms with van der Waals surface area (Å²) < 4.78 is 0. The highest BCUT2D eigenvalue weighted by Gasteiger charge is 2.34. The molecular weight excluding hydrogens is 208 g/mol. The van der Waals surface area contributed by atoms with Gasteiger partial charge in [-0.25, -0.2) is 0 Å². The van der Waals surface area contributed by atoms with Crippen molar-refractivity contribution in [2.45, 2.75) is 39.4 Å². The van der Waals surface area contributed by atoms with Crippen molar-refractivity contribution in [1.82, 2.24) is 0 Å². The molecule has 2 rings (SSSR count). The van der Waals surface area contributed by atoms with Gasteiger partial charge in [-0.3, -0.25) is 0 Å². The average molecular weight is 230 g/mol. The first kappa shape index (κ1) is 11.7. The Labute approximate surface area is 100 Å². The molecule has 0 nitrogen and oxygen atoms in total. The van der Waals surface area contributed by atoms with Crippen LogP contribution in [0.5, 0.6) is 0 Å². The van der Waals surface area contributed by atoms with Crippen LogP contribution in [-0.4, -0.2) is 8.07 Å². The third kappa shape index (κ3) is 1.89. The van der Waals surface area contributed by atoms with E-state index in [9.17, 15) is 0 Å². The Kier molecular flexibility index (Phi) is 2.83. The molecule has 0 heterocycles. The van der Waals surface area contributed by atoms with Gasteiger partial charge in [0.2, 0.25) is 0 Å². The molecule has 0 spiro atoms. The van der Waals surface area contributed by atoms with Crippen LogP contribution >= 0.6 is 0 Å².